The number of pyridine rings is 1. The number of fused-ring (bicyclic) bond motifs is 1. The summed E-state index contributed by atoms with van der Waals surface area (Å²) in [6.07, 6.45) is 1.57. The molecule has 2 aromatic carbocycles. The molecule has 29 heavy (non-hydrogen) atoms. The fourth-order valence-electron chi connectivity index (χ4n) is 2.83. The minimum atomic E-state index is -0.643. The quantitative estimate of drug-likeness (QED) is 0.520. The maximum atomic E-state index is 12.6. The molecule has 144 valence electrons. The third kappa shape index (κ3) is 3.98. The van der Waals surface area contributed by atoms with E-state index in [9.17, 15) is 9.59 Å². The topological polar surface area (TPSA) is 94.3 Å². The molecule has 1 N–H and O–H groups in total. The first-order chi connectivity index (χ1) is 14.1. The highest BCUT2D eigenvalue weighted by atomic mass is 16.5. The van der Waals surface area contributed by atoms with Gasteiger partial charge in [0.15, 0.2) is 12.2 Å². The first-order valence-electron chi connectivity index (χ1n) is 8.95. The number of benzene rings is 2. The number of amides is 1. The zero-order valence-corrected chi connectivity index (χ0v) is 15.6. The Morgan fingerprint density at radius 1 is 1.03 bits per heavy atom. The molecule has 0 saturated carbocycles. The van der Waals surface area contributed by atoms with Crippen LogP contribution in [0.25, 0.3) is 22.6 Å². The molecule has 7 nitrogen and oxygen atoms in total. The third-order valence-electron chi connectivity index (χ3n) is 4.27. The van der Waals surface area contributed by atoms with E-state index in [2.05, 4.69) is 15.3 Å². The number of esters is 1. The Hall–Kier alpha value is -4.00. The summed E-state index contributed by atoms with van der Waals surface area (Å²) in [7, 11) is 0. The highest BCUT2D eigenvalue weighted by molar-refractivity contribution is 5.99. The number of hydrogen-bond acceptors (Lipinski definition) is 6. The van der Waals surface area contributed by atoms with Gasteiger partial charge in [-0.3, -0.25) is 4.79 Å². The molecule has 0 fully saturated rings. The van der Waals surface area contributed by atoms with Crippen LogP contribution in [0.5, 0.6) is 0 Å². The SMILES string of the molecule is Cc1cccnc1NC(=O)COC(=O)c1ccccc1-c1nc2ccccc2o1. The highest BCUT2D eigenvalue weighted by Crippen LogP contribution is 2.27. The number of oxazole rings is 1. The number of aromatic nitrogens is 2. The van der Waals surface area contributed by atoms with Crippen molar-refractivity contribution in [3.05, 3.63) is 78.0 Å². The van der Waals surface area contributed by atoms with Crippen molar-refractivity contribution in [2.24, 2.45) is 0 Å². The number of nitrogens with zero attached hydrogens (tertiary/aromatic N) is 2. The molecule has 1 amide bonds. The normalized spacial score (nSPS) is 10.7. The summed E-state index contributed by atoms with van der Waals surface area (Å²) >= 11 is 0. The van der Waals surface area contributed by atoms with Gasteiger partial charge in [-0.15, -0.1) is 0 Å². The Labute approximate surface area is 166 Å². The van der Waals surface area contributed by atoms with Crippen LogP contribution in [-0.2, 0) is 9.53 Å². The average molecular weight is 387 g/mol. The second-order valence-corrected chi connectivity index (χ2v) is 6.33. The van der Waals surface area contributed by atoms with Crippen LogP contribution in [0.15, 0.2) is 71.3 Å². The van der Waals surface area contributed by atoms with E-state index in [0.29, 0.717) is 28.4 Å². The second kappa shape index (κ2) is 7.93. The molecule has 7 heteroatoms. The molecular formula is C22H17N3O4. The van der Waals surface area contributed by atoms with Gasteiger partial charge in [0.25, 0.3) is 5.91 Å². The molecule has 0 atom stereocenters. The fourth-order valence-corrected chi connectivity index (χ4v) is 2.83. The van der Waals surface area contributed by atoms with Gasteiger partial charge >= 0.3 is 5.97 Å². The van der Waals surface area contributed by atoms with E-state index >= 15 is 0 Å². The van der Waals surface area contributed by atoms with Gasteiger partial charge in [-0.2, -0.15) is 0 Å². The number of carbonyl (C=O) groups is 2. The number of aryl methyl sites for hydroxylation is 1. The van der Waals surface area contributed by atoms with Crippen molar-refractivity contribution in [1.29, 1.82) is 0 Å². The van der Waals surface area contributed by atoms with Crippen LogP contribution in [-0.4, -0.2) is 28.5 Å². The van der Waals surface area contributed by atoms with Crippen LogP contribution >= 0.6 is 0 Å². The lowest BCUT2D eigenvalue weighted by atomic mass is 10.1. The van der Waals surface area contributed by atoms with E-state index in [1.54, 1.807) is 42.6 Å². The second-order valence-electron chi connectivity index (χ2n) is 6.33. The molecule has 0 saturated heterocycles. The van der Waals surface area contributed by atoms with Crippen LogP contribution in [0.1, 0.15) is 15.9 Å². The van der Waals surface area contributed by atoms with Crippen LogP contribution < -0.4 is 5.32 Å². The summed E-state index contributed by atoms with van der Waals surface area (Å²) in [5, 5.41) is 2.62. The van der Waals surface area contributed by atoms with Crippen molar-refractivity contribution >= 4 is 28.8 Å². The molecule has 0 radical (unpaired) electrons. The predicted octanol–water partition coefficient (Wildman–Crippen LogP) is 3.99. The Balaban J connectivity index is 1.49. The van der Waals surface area contributed by atoms with E-state index in [1.807, 2.05) is 31.2 Å². The molecule has 4 rings (SSSR count). The van der Waals surface area contributed by atoms with Gasteiger partial charge in [-0.1, -0.05) is 30.3 Å². The van der Waals surface area contributed by atoms with E-state index in [0.717, 1.165) is 5.56 Å². The van der Waals surface area contributed by atoms with E-state index < -0.39 is 18.5 Å². The first-order valence-corrected chi connectivity index (χ1v) is 8.95. The molecule has 0 unspecified atom stereocenters. The lowest BCUT2D eigenvalue weighted by Gasteiger charge is -2.09. The smallest absolute Gasteiger partial charge is 0.339 e. The number of hydrogen-bond donors (Lipinski definition) is 1. The van der Waals surface area contributed by atoms with Gasteiger partial charge in [0, 0.05) is 6.20 Å². The maximum absolute atomic E-state index is 12.6. The van der Waals surface area contributed by atoms with Crippen molar-refractivity contribution < 1.29 is 18.7 Å². The lowest BCUT2D eigenvalue weighted by Crippen LogP contribution is -2.22. The van der Waals surface area contributed by atoms with Crippen molar-refractivity contribution in [1.82, 2.24) is 9.97 Å². The number of ether oxygens (including phenoxy) is 1. The average Bonchev–Trinajstić information content (AvgIpc) is 3.18. The monoisotopic (exact) mass is 387 g/mol. The zero-order valence-electron chi connectivity index (χ0n) is 15.6. The van der Waals surface area contributed by atoms with Crippen molar-refractivity contribution in [3.8, 4) is 11.5 Å². The summed E-state index contributed by atoms with van der Waals surface area (Å²) in [6.45, 7) is 1.39. The molecule has 0 aliphatic carbocycles. The van der Waals surface area contributed by atoms with Crippen LogP contribution in [0.3, 0.4) is 0 Å². The molecular weight excluding hydrogens is 370 g/mol. The molecule has 0 spiro atoms. The Kier molecular flexibility index (Phi) is 5.03. The van der Waals surface area contributed by atoms with Gasteiger partial charge < -0.3 is 14.5 Å². The summed E-state index contributed by atoms with van der Waals surface area (Å²) in [4.78, 5) is 33.2. The van der Waals surface area contributed by atoms with Gasteiger partial charge in [0.1, 0.15) is 11.3 Å². The Morgan fingerprint density at radius 2 is 1.83 bits per heavy atom. The van der Waals surface area contributed by atoms with Crippen LogP contribution in [0.2, 0.25) is 0 Å². The fraction of sp³-hybridized carbons (Fsp3) is 0.0909. The van der Waals surface area contributed by atoms with E-state index in [4.69, 9.17) is 9.15 Å². The van der Waals surface area contributed by atoms with Crippen LogP contribution in [0.4, 0.5) is 5.82 Å². The summed E-state index contributed by atoms with van der Waals surface area (Å²) in [5.41, 5.74) is 2.88. The molecule has 0 bridgehead atoms. The van der Waals surface area contributed by atoms with Gasteiger partial charge in [-0.25, -0.2) is 14.8 Å². The Morgan fingerprint density at radius 3 is 2.66 bits per heavy atom. The predicted molar refractivity (Wildman–Crippen MR) is 107 cm³/mol. The summed E-state index contributed by atoms with van der Waals surface area (Å²) in [5.74, 6) is -0.372. The largest absolute Gasteiger partial charge is 0.452 e. The van der Waals surface area contributed by atoms with Gasteiger partial charge in [-0.05, 0) is 42.8 Å². The highest BCUT2D eigenvalue weighted by Gasteiger charge is 2.19. The summed E-state index contributed by atoms with van der Waals surface area (Å²) in [6, 6.07) is 17.7. The number of carbonyl (C=O) groups excluding carboxylic acids is 2. The summed E-state index contributed by atoms with van der Waals surface area (Å²) < 4.78 is 10.9. The minimum absolute atomic E-state index is 0.265. The molecule has 0 aliphatic heterocycles. The molecule has 4 aromatic rings. The van der Waals surface area contributed by atoms with Crippen molar-refractivity contribution in [2.45, 2.75) is 6.92 Å². The zero-order chi connectivity index (χ0) is 20.2. The number of anilines is 1. The molecule has 2 aromatic heterocycles. The minimum Gasteiger partial charge on any atom is -0.452 e. The van der Waals surface area contributed by atoms with Gasteiger partial charge in [0.2, 0.25) is 5.89 Å². The number of rotatable bonds is 5. The molecule has 2 heterocycles. The number of para-hydroxylation sites is 2. The third-order valence-corrected chi connectivity index (χ3v) is 4.27. The lowest BCUT2D eigenvalue weighted by molar-refractivity contribution is -0.119. The number of nitrogens with one attached hydrogen (secondary N) is 1. The van der Waals surface area contributed by atoms with Crippen molar-refractivity contribution in [2.75, 3.05) is 11.9 Å². The Bertz CT molecular complexity index is 1170. The van der Waals surface area contributed by atoms with E-state index in [-0.39, 0.29) is 5.56 Å². The first kappa shape index (κ1) is 18.4. The maximum Gasteiger partial charge on any atom is 0.339 e. The standard InChI is InChI=1S/C22H17N3O4/c1-14-7-6-12-23-20(14)25-19(26)13-28-22(27)16-9-3-2-8-15(16)21-24-17-10-4-5-11-18(17)29-21/h2-12H,13H2,1H3,(H,23,25,26). The van der Waals surface area contributed by atoms with Gasteiger partial charge in [0.05, 0.1) is 11.1 Å². The van der Waals surface area contributed by atoms with Crippen LogP contribution in [0, 0.1) is 6.92 Å². The van der Waals surface area contributed by atoms with E-state index in [1.165, 1.54) is 0 Å². The molecule has 0 aliphatic rings. The van der Waals surface area contributed by atoms with Crippen molar-refractivity contribution in [3.63, 3.8) is 0 Å².